The lowest BCUT2D eigenvalue weighted by Gasteiger charge is -2.08. The molecule has 7 nitrogen and oxygen atoms in total. The van der Waals surface area contributed by atoms with Gasteiger partial charge >= 0.3 is 0 Å². The molecule has 0 aliphatic carbocycles. The number of hydrazone groups is 1. The Balaban J connectivity index is 1.33. The quantitative estimate of drug-likeness (QED) is 0.333. The van der Waals surface area contributed by atoms with Gasteiger partial charge in [-0.25, -0.2) is 5.43 Å². The van der Waals surface area contributed by atoms with E-state index in [1.54, 1.807) is 37.3 Å². The maximum atomic E-state index is 12.1. The number of benzene rings is 3. The molecule has 0 spiro atoms. The molecule has 0 aliphatic heterocycles. The van der Waals surface area contributed by atoms with Crippen molar-refractivity contribution in [1.82, 2.24) is 5.43 Å². The first-order chi connectivity index (χ1) is 15.6. The summed E-state index contributed by atoms with van der Waals surface area (Å²) in [6.45, 7) is 1.60. The van der Waals surface area contributed by atoms with Gasteiger partial charge in [0.1, 0.15) is 5.75 Å². The Bertz CT molecular complexity index is 1280. The van der Waals surface area contributed by atoms with Crippen molar-refractivity contribution in [2.45, 2.75) is 6.92 Å². The Kier molecular flexibility index (Phi) is 6.27. The summed E-state index contributed by atoms with van der Waals surface area (Å²) in [5.74, 6) is 0.111. The Morgan fingerprint density at radius 1 is 0.938 bits per heavy atom. The molecule has 0 bridgehead atoms. The van der Waals surface area contributed by atoms with Crippen molar-refractivity contribution in [1.29, 1.82) is 0 Å². The summed E-state index contributed by atoms with van der Waals surface area (Å²) in [5.41, 5.74) is 4.41. The number of hydrogen-bond acceptors (Lipinski definition) is 5. The smallest absolute Gasteiger partial charge is 0.291 e. The molecule has 4 rings (SSSR count). The molecule has 2 amide bonds. The fraction of sp³-hybridized carbons (Fsp3) is 0.0800. The van der Waals surface area contributed by atoms with Crippen molar-refractivity contribution in [3.8, 4) is 5.75 Å². The first-order valence-electron chi connectivity index (χ1n) is 9.98. The van der Waals surface area contributed by atoms with Gasteiger partial charge in [0.15, 0.2) is 12.4 Å². The number of furan rings is 1. The highest BCUT2D eigenvalue weighted by Gasteiger charge is 2.09. The predicted octanol–water partition coefficient (Wildman–Crippen LogP) is 4.60. The van der Waals surface area contributed by atoms with Crippen molar-refractivity contribution >= 4 is 34.0 Å². The second-order valence-electron chi connectivity index (χ2n) is 7.04. The molecule has 1 aromatic heterocycles. The Morgan fingerprint density at radius 3 is 2.59 bits per heavy atom. The highest BCUT2D eigenvalue weighted by Crippen LogP contribution is 2.20. The maximum absolute atomic E-state index is 12.1. The average molecular weight is 427 g/mol. The van der Waals surface area contributed by atoms with Crippen LogP contribution in [0.25, 0.3) is 10.8 Å². The molecule has 0 saturated heterocycles. The molecule has 0 saturated carbocycles. The second-order valence-corrected chi connectivity index (χ2v) is 7.04. The van der Waals surface area contributed by atoms with E-state index in [4.69, 9.17) is 9.15 Å². The van der Waals surface area contributed by atoms with Crippen LogP contribution in [0.3, 0.4) is 0 Å². The maximum Gasteiger partial charge on any atom is 0.291 e. The minimum Gasteiger partial charge on any atom is -0.484 e. The zero-order valence-electron chi connectivity index (χ0n) is 17.4. The summed E-state index contributed by atoms with van der Waals surface area (Å²) in [7, 11) is 0. The van der Waals surface area contributed by atoms with Crippen LogP contribution in [-0.2, 0) is 4.79 Å². The van der Waals surface area contributed by atoms with Crippen LogP contribution in [0.4, 0.5) is 5.69 Å². The van der Waals surface area contributed by atoms with Crippen molar-refractivity contribution in [2.75, 3.05) is 11.9 Å². The number of carbonyl (C=O) groups is 2. The van der Waals surface area contributed by atoms with Crippen molar-refractivity contribution in [3.63, 3.8) is 0 Å². The average Bonchev–Trinajstić information content (AvgIpc) is 3.36. The van der Waals surface area contributed by atoms with E-state index in [0.29, 0.717) is 17.1 Å². The van der Waals surface area contributed by atoms with E-state index >= 15 is 0 Å². The van der Waals surface area contributed by atoms with Gasteiger partial charge in [0, 0.05) is 5.69 Å². The summed E-state index contributed by atoms with van der Waals surface area (Å²) >= 11 is 0. The predicted molar refractivity (Wildman–Crippen MR) is 123 cm³/mol. The standard InChI is InChI=1S/C25H21N3O4/c1-17(19-8-4-9-21(14-19)26-25(30)23-10-5-13-31-23)27-28-24(29)16-32-22-12-11-18-6-2-3-7-20(18)15-22/h2-15H,16H2,1H3,(H,26,30)(H,28,29). The molecule has 0 unspecified atom stereocenters. The lowest BCUT2D eigenvalue weighted by atomic mass is 10.1. The van der Waals surface area contributed by atoms with Gasteiger partial charge in [-0.05, 0) is 59.7 Å². The SMILES string of the molecule is CC(=NNC(=O)COc1ccc2ccccc2c1)c1cccc(NC(=O)c2ccco2)c1. The molecular formula is C25H21N3O4. The number of amides is 2. The number of anilines is 1. The third-order valence-corrected chi connectivity index (χ3v) is 4.72. The fourth-order valence-corrected chi connectivity index (χ4v) is 3.07. The van der Waals surface area contributed by atoms with Crippen LogP contribution in [0, 0.1) is 0 Å². The summed E-state index contributed by atoms with van der Waals surface area (Å²) in [4.78, 5) is 24.3. The third kappa shape index (κ3) is 5.20. The topological polar surface area (TPSA) is 92.9 Å². The molecule has 0 radical (unpaired) electrons. The Morgan fingerprint density at radius 2 is 1.78 bits per heavy atom. The van der Waals surface area contributed by atoms with E-state index in [9.17, 15) is 9.59 Å². The molecule has 2 N–H and O–H groups in total. The molecule has 0 atom stereocenters. The molecule has 32 heavy (non-hydrogen) atoms. The van der Waals surface area contributed by atoms with Crippen LogP contribution < -0.4 is 15.5 Å². The van der Waals surface area contributed by atoms with Crippen LogP contribution >= 0.6 is 0 Å². The van der Waals surface area contributed by atoms with E-state index in [-0.39, 0.29) is 24.2 Å². The molecule has 0 fully saturated rings. The normalized spacial score (nSPS) is 11.2. The van der Waals surface area contributed by atoms with E-state index in [1.165, 1.54) is 6.26 Å². The monoisotopic (exact) mass is 427 g/mol. The first kappa shape index (κ1) is 20.9. The molecule has 160 valence electrons. The van der Waals surface area contributed by atoms with Crippen LogP contribution in [0.5, 0.6) is 5.75 Å². The largest absolute Gasteiger partial charge is 0.484 e. The molecule has 1 heterocycles. The molecule has 4 aromatic rings. The van der Waals surface area contributed by atoms with E-state index in [0.717, 1.165) is 16.3 Å². The van der Waals surface area contributed by atoms with Crippen LogP contribution in [-0.4, -0.2) is 24.1 Å². The highest BCUT2D eigenvalue weighted by atomic mass is 16.5. The van der Waals surface area contributed by atoms with Gasteiger partial charge in [-0.1, -0.05) is 42.5 Å². The third-order valence-electron chi connectivity index (χ3n) is 4.72. The number of hydrogen-bond donors (Lipinski definition) is 2. The van der Waals surface area contributed by atoms with Crippen molar-refractivity contribution in [3.05, 3.63) is 96.4 Å². The van der Waals surface area contributed by atoms with Crippen molar-refractivity contribution < 1.29 is 18.7 Å². The molecular weight excluding hydrogens is 406 g/mol. The van der Waals surface area contributed by atoms with E-state index in [2.05, 4.69) is 15.8 Å². The number of rotatable bonds is 7. The zero-order chi connectivity index (χ0) is 22.3. The van der Waals surface area contributed by atoms with Gasteiger partial charge in [0.25, 0.3) is 11.8 Å². The van der Waals surface area contributed by atoms with E-state index in [1.807, 2.05) is 48.5 Å². The van der Waals surface area contributed by atoms with Gasteiger partial charge in [-0.3, -0.25) is 9.59 Å². The summed E-state index contributed by atoms with van der Waals surface area (Å²) < 4.78 is 10.7. The first-order valence-corrected chi connectivity index (χ1v) is 9.98. The summed E-state index contributed by atoms with van der Waals surface area (Å²) in [5, 5.41) is 9.04. The van der Waals surface area contributed by atoms with Gasteiger partial charge in [-0.2, -0.15) is 5.10 Å². The van der Waals surface area contributed by atoms with Gasteiger partial charge in [0.2, 0.25) is 0 Å². The minimum atomic E-state index is -0.375. The lowest BCUT2D eigenvalue weighted by molar-refractivity contribution is -0.123. The number of nitrogens with one attached hydrogen (secondary N) is 2. The number of nitrogens with zero attached hydrogens (tertiary/aromatic N) is 1. The van der Waals surface area contributed by atoms with Gasteiger partial charge in [-0.15, -0.1) is 0 Å². The van der Waals surface area contributed by atoms with Gasteiger partial charge in [0.05, 0.1) is 12.0 Å². The van der Waals surface area contributed by atoms with E-state index < -0.39 is 0 Å². The second kappa shape index (κ2) is 9.61. The summed E-state index contributed by atoms with van der Waals surface area (Å²) in [6.07, 6.45) is 1.44. The Hall–Kier alpha value is -4.39. The Labute approximate surface area is 184 Å². The summed E-state index contributed by atoms with van der Waals surface area (Å²) in [6, 6.07) is 24.0. The minimum absolute atomic E-state index is 0.158. The number of fused-ring (bicyclic) bond motifs is 1. The van der Waals surface area contributed by atoms with Crippen LogP contribution in [0.2, 0.25) is 0 Å². The molecule has 0 aliphatic rings. The molecule has 3 aromatic carbocycles. The lowest BCUT2D eigenvalue weighted by Crippen LogP contribution is -2.25. The fourth-order valence-electron chi connectivity index (χ4n) is 3.07. The molecule has 7 heteroatoms. The van der Waals surface area contributed by atoms with Crippen LogP contribution in [0.15, 0.2) is 94.6 Å². The zero-order valence-corrected chi connectivity index (χ0v) is 17.4. The van der Waals surface area contributed by atoms with Crippen molar-refractivity contribution in [2.24, 2.45) is 5.10 Å². The number of carbonyl (C=O) groups excluding carboxylic acids is 2. The van der Waals surface area contributed by atoms with Gasteiger partial charge < -0.3 is 14.5 Å². The highest BCUT2D eigenvalue weighted by molar-refractivity contribution is 6.04. The van der Waals surface area contributed by atoms with Crippen LogP contribution in [0.1, 0.15) is 23.0 Å². The number of ether oxygens (including phenoxy) is 1.